The Balaban J connectivity index is 1.60. The van der Waals surface area contributed by atoms with Gasteiger partial charge in [0.05, 0.1) is 12.1 Å². The lowest BCUT2D eigenvalue weighted by Crippen LogP contribution is -2.17. The normalized spacial score (nSPS) is 14.4. The number of hydrogen-bond donors (Lipinski definition) is 2. The highest BCUT2D eigenvalue weighted by atomic mass is 16.4. The average Bonchev–Trinajstić information content (AvgIpc) is 2.75. The minimum Gasteiger partial charge on any atom is -0.478 e. The summed E-state index contributed by atoms with van der Waals surface area (Å²) in [6.45, 7) is 2.25. The van der Waals surface area contributed by atoms with Gasteiger partial charge in [0, 0.05) is 19.5 Å². The molecule has 0 atom stereocenters. The van der Waals surface area contributed by atoms with Gasteiger partial charge in [0.2, 0.25) is 0 Å². The maximum absolute atomic E-state index is 11.0. The Labute approximate surface area is 129 Å². The van der Waals surface area contributed by atoms with Crippen LogP contribution in [0.2, 0.25) is 0 Å². The molecule has 22 heavy (non-hydrogen) atoms. The molecule has 0 unspecified atom stereocenters. The van der Waals surface area contributed by atoms with Crippen molar-refractivity contribution in [2.24, 2.45) is 0 Å². The summed E-state index contributed by atoms with van der Waals surface area (Å²) in [6, 6.07) is 6.98. The number of nitrogens with one attached hydrogen (secondary N) is 1. The van der Waals surface area contributed by atoms with Crippen molar-refractivity contribution in [1.82, 2.24) is 20.1 Å². The zero-order valence-electron chi connectivity index (χ0n) is 12.5. The number of benzene rings is 1. The van der Waals surface area contributed by atoms with Crippen LogP contribution in [-0.2, 0) is 26.1 Å². The van der Waals surface area contributed by atoms with Gasteiger partial charge in [-0.25, -0.2) is 4.79 Å². The van der Waals surface area contributed by atoms with Crippen molar-refractivity contribution in [2.45, 2.75) is 45.3 Å². The van der Waals surface area contributed by atoms with Gasteiger partial charge in [-0.15, -0.1) is 10.2 Å². The van der Waals surface area contributed by atoms with Gasteiger partial charge < -0.3 is 15.0 Å². The summed E-state index contributed by atoms with van der Waals surface area (Å²) < 4.78 is 2.22. The van der Waals surface area contributed by atoms with Crippen molar-refractivity contribution in [3.8, 4) is 0 Å². The van der Waals surface area contributed by atoms with Crippen LogP contribution >= 0.6 is 0 Å². The Bertz CT molecular complexity index is 666. The third kappa shape index (κ3) is 3.33. The highest BCUT2D eigenvalue weighted by Gasteiger charge is 2.14. The summed E-state index contributed by atoms with van der Waals surface area (Å²) in [4.78, 5) is 11.0. The molecule has 1 aromatic heterocycles. The summed E-state index contributed by atoms with van der Waals surface area (Å²) in [7, 11) is 0. The van der Waals surface area contributed by atoms with Crippen LogP contribution in [0.3, 0.4) is 0 Å². The number of nitrogens with zero attached hydrogens (tertiary/aromatic N) is 3. The maximum Gasteiger partial charge on any atom is 0.335 e. The molecule has 1 aliphatic heterocycles. The first-order chi connectivity index (χ1) is 10.7. The first-order valence-corrected chi connectivity index (χ1v) is 7.68. The Morgan fingerprint density at radius 1 is 1.23 bits per heavy atom. The van der Waals surface area contributed by atoms with Crippen LogP contribution < -0.4 is 5.32 Å². The minimum absolute atomic E-state index is 0.315. The Morgan fingerprint density at radius 3 is 3.00 bits per heavy atom. The van der Waals surface area contributed by atoms with Crippen LogP contribution in [0.1, 0.15) is 46.8 Å². The summed E-state index contributed by atoms with van der Waals surface area (Å²) in [6.07, 6.45) is 4.62. The molecule has 6 heteroatoms. The van der Waals surface area contributed by atoms with Crippen LogP contribution in [0.15, 0.2) is 24.3 Å². The third-order valence-electron chi connectivity index (χ3n) is 3.97. The fraction of sp³-hybridized carbons (Fsp3) is 0.438. The third-order valence-corrected chi connectivity index (χ3v) is 3.97. The smallest absolute Gasteiger partial charge is 0.335 e. The van der Waals surface area contributed by atoms with E-state index in [4.69, 9.17) is 5.11 Å². The molecule has 0 bridgehead atoms. The molecule has 116 valence electrons. The maximum atomic E-state index is 11.0. The molecule has 0 aliphatic carbocycles. The van der Waals surface area contributed by atoms with Gasteiger partial charge in [-0.1, -0.05) is 18.6 Å². The van der Waals surface area contributed by atoms with Crippen molar-refractivity contribution >= 4 is 5.97 Å². The second kappa shape index (κ2) is 6.70. The van der Waals surface area contributed by atoms with E-state index in [1.54, 1.807) is 18.2 Å². The van der Waals surface area contributed by atoms with E-state index in [1.807, 2.05) is 6.07 Å². The molecule has 2 aromatic rings. The summed E-state index contributed by atoms with van der Waals surface area (Å²) in [5.41, 5.74) is 1.27. The Morgan fingerprint density at radius 2 is 2.14 bits per heavy atom. The molecule has 0 fully saturated rings. The predicted octanol–water partition coefficient (Wildman–Crippen LogP) is 1.99. The second-order valence-electron chi connectivity index (χ2n) is 5.60. The number of aryl methyl sites for hydroxylation is 1. The Hall–Kier alpha value is -2.21. The number of carbonyl (C=O) groups is 1. The topological polar surface area (TPSA) is 80.0 Å². The van der Waals surface area contributed by atoms with Crippen LogP contribution in [-0.4, -0.2) is 25.8 Å². The van der Waals surface area contributed by atoms with Gasteiger partial charge in [-0.2, -0.15) is 0 Å². The number of fused-ring (bicyclic) bond motifs is 1. The molecule has 0 saturated carbocycles. The largest absolute Gasteiger partial charge is 0.478 e. The van der Waals surface area contributed by atoms with Gasteiger partial charge in [0.25, 0.3) is 0 Å². The number of rotatable bonds is 5. The number of carboxylic acid groups (broad SMARTS) is 1. The molecule has 0 radical (unpaired) electrons. The van der Waals surface area contributed by atoms with Crippen LogP contribution in [0.4, 0.5) is 0 Å². The van der Waals surface area contributed by atoms with E-state index in [-0.39, 0.29) is 0 Å². The van der Waals surface area contributed by atoms with E-state index < -0.39 is 5.97 Å². The molecule has 2 N–H and O–H groups in total. The lowest BCUT2D eigenvalue weighted by Gasteiger charge is -2.08. The van der Waals surface area contributed by atoms with E-state index in [0.717, 1.165) is 30.2 Å². The second-order valence-corrected chi connectivity index (χ2v) is 5.60. The van der Waals surface area contributed by atoms with Gasteiger partial charge >= 0.3 is 5.97 Å². The monoisotopic (exact) mass is 300 g/mol. The van der Waals surface area contributed by atoms with Crippen LogP contribution in [0.25, 0.3) is 0 Å². The molecule has 3 rings (SSSR count). The molecular formula is C16H20N4O2. The quantitative estimate of drug-likeness (QED) is 0.882. The highest BCUT2D eigenvalue weighted by Crippen LogP contribution is 2.14. The summed E-state index contributed by atoms with van der Waals surface area (Å²) in [5, 5.41) is 20.9. The first kappa shape index (κ1) is 14.7. The molecule has 0 saturated heterocycles. The lowest BCUT2D eigenvalue weighted by molar-refractivity contribution is 0.0696. The standard InChI is InChI=1S/C16H20N4O2/c21-16(22)13-6-4-5-12(9-13)10-17-11-15-19-18-14-7-2-1-3-8-20(14)15/h4-6,9,17H,1-3,7-8,10-11H2,(H,21,22). The van der Waals surface area contributed by atoms with E-state index in [9.17, 15) is 4.79 Å². The predicted molar refractivity (Wildman–Crippen MR) is 81.5 cm³/mol. The van der Waals surface area contributed by atoms with Crippen molar-refractivity contribution in [3.63, 3.8) is 0 Å². The van der Waals surface area contributed by atoms with Crippen molar-refractivity contribution < 1.29 is 9.90 Å². The van der Waals surface area contributed by atoms with Gasteiger partial charge in [0.1, 0.15) is 11.6 Å². The SMILES string of the molecule is O=C(O)c1cccc(CNCc2nnc3n2CCCCC3)c1. The van der Waals surface area contributed by atoms with Crippen LogP contribution in [0.5, 0.6) is 0 Å². The fourth-order valence-corrected chi connectivity index (χ4v) is 2.81. The molecule has 1 aliphatic rings. The van der Waals surface area contributed by atoms with Crippen molar-refractivity contribution in [2.75, 3.05) is 0 Å². The van der Waals surface area contributed by atoms with Gasteiger partial charge in [-0.05, 0) is 30.5 Å². The van der Waals surface area contributed by atoms with Crippen molar-refractivity contribution in [3.05, 3.63) is 47.0 Å². The minimum atomic E-state index is -0.898. The average molecular weight is 300 g/mol. The number of carboxylic acids is 1. The highest BCUT2D eigenvalue weighted by molar-refractivity contribution is 5.87. The lowest BCUT2D eigenvalue weighted by atomic mass is 10.1. The molecule has 2 heterocycles. The molecule has 1 aromatic carbocycles. The first-order valence-electron chi connectivity index (χ1n) is 7.68. The number of hydrogen-bond acceptors (Lipinski definition) is 4. The molecule has 0 spiro atoms. The fourth-order valence-electron chi connectivity index (χ4n) is 2.81. The zero-order chi connectivity index (χ0) is 15.4. The number of aromatic carboxylic acids is 1. The van der Waals surface area contributed by atoms with Crippen LogP contribution in [0, 0.1) is 0 Å². The Kier molecular flexibility index (Phi) is 4.48. The van der Waals surface area contributed by atoms with E-state index >= 15 is 0 Å². The van der Waals surface area contributed by atoms with E-state index in [1.165, 1.54) is 19.3 Å². The van der Waals surface area contributed by atoms with E-state index in [0.29, 0.717) is 18.7 Å². The number of aromatic nitrogens is 3. The molecular weight excluding hydrogens is 280 g/mol. The van der Waals surface area contributed by atoms with E-state index in [2.05, 4.69) is 20.1 Å². The van der Waals surface area contributed by atoms with Gasteiger partial charge in [0.15, 0.2) is 0 Å². The molecule has 0 amide bonds. The summed E-state index contributed by atoms with van der Waals surface area (Å²) in [5.74, 6) is 1.15. The van der Waals surface area contributed by atoms with Crippen molar-refractivity contribution in [1.29, 1.82) is 0 Å². The van der Waals surface area contributed by atoms with Gasteiger partial charge in [-0.3, -0.25) is 0 Å². The summed E-state index contributed by atoms with van der Waals surface area (Å²) >= 11 is 0. The zero-order valence-corrected chi connectivity index (χ0v) is 12.5. The molecule has 6 nitrogen and oxygen atoms in total.